The normalized spacial score (nSPS) is 22.5. The molecule has 1 N–H and O–H groups in total. The van der Waals surface area contributed by atoms with Crippen LogP contribution in [-0.2, 0) is 24.2 Å². The van der Waals surface area contributed by atoms with E-state index in [1.165, 1.54) is 0 Å². The summed E-state index contributed by atoms with van der Waals surface area (Å²) >= 11 is 0. The summed E-state index contributed by atoms with van der Waals surface area (Å²) in [4.78, 5) is 24.8. The molecule has 2 atom stereocenters. The van der Waals surface area contributed by atoms with Crippen LogP contribution in [0.1, 0.15) is 36.2 Å². The summed E-state index contributed by atoms with van der Waals surface area (Å²) < 4.78 is 5.79. The van der Waals surface area contributed by atoms with Crippen molar-refractivity contribution in [1.82, 2.24) is 14.9 Å². The van der Waals surface area contributed by atoms with Crippen molar-refractivity contribution in [1.29, 1.82) is 5.26 Å². The first-order valence-electron chi connectivity index (χ1n) is 9.75. The molecule has 0 aliphatic carbocycles. The van der Waals surface area contributed by atoms with Crippen molar-refractivity contribution in [2.75, 3.05) is 24.5 Å². The van der Waals surface area contributed by atoms with Gasteiger partial charge in [-0.3, -0.25) is 14.7 Å². The molecule has 1 aromatic heterocycles. The van der Waals surface area contributed by atoms with Gasteiger partial charge >= 0.3 is 0 Å². The van der Waals surface area contributed by atoms with Crippen molar-refractivity contribution in [2.24, 2.45) is 0 Å². The highest BCUT2D eigenvalue weighted by Crippen LogP contribution is 2.21. The van der Waals surface area contributed by atoms with Crippen LogP contribution in [0.4, 0.5) is 5.95 Å². The lowest BCUT2D eigenvalue weighted by atomic mass is 10.0. The summed E-state index contributed by atoms with van der Waals surface area (Å²) in [7, 11) is 0. The first kappa shape index (κ1) is 18.7. The number of anilines is 1. The molecule has 2 aliphatic heterocycles. The van der Waals surface area contributed by atoms with Gasteiger partial charge in [0.15, 0.2) is 0 Å². The monoisotopic (exact) mass is 379 g/mol. The van der Waals surface area contributed by atoms with Gasteiger partial charge in [-0.15, -0.1) is 0 Å². The Hall–Kier alpha value is -2.69. The number of aromatic amines is 1. The van der Waals surface area contributed by atoms with Crippen molar-refractivity contribution in [3.05, 3.63) is 57.0 Å². The molecular weight excluding hydrogens is 354 g/mol. The van der Waals surface area contributed by atoms with Gasteiger partial charge in [-0.1, -0.05) is 12.1 Å². The Balaban J connectivity index is 1.55. The third kappa shape index (κ3) is 3.93. The van der Waals surface area contributed by atoms with Crippen LogP contribution in [0, 0.1) is 11.3 Å². The van der Waals surface area contributed by atoms with Crippen molar-refractivity contribution < 1.29 is 4.74 Å². The molecule has 0 spiro atoms. The van der Waals surface area contributed by atoms with Gasteiger partial charge in [0.05, 0.1) is 29.5 Å². The van der Waals surface area contributed by atoms with Gasteiger partial charge in [-0.05, 0) is 38.0 Å². The molecule has 28 heavy (non-hydrogen) atoms. The third-order valence-electron chi connectivity index (χ3n) is 5.32. The molecule has 0 radical (unpaired) electrons. The molecule has 0 bridgehead atoms. The molecule has 7 nitrogen and oxygen atoms in total. The van der Waals surface area contributed by atoms with Crippen molar-refractivity contribution in [3.63, 3.8) is 0 Å². The second kappa shape index (κ2) is 7.74. The van der Waals surface area contributed by atoms with Crippen LogP contribution in [0.15, 0.2) is 29.1 Å². The minimum Gasteiger partial charge on any atom is -0.372 e. The summed E-state index contributed by atoms with van der Waals surface area (Å²) in [5, 5.41) is 9.09. The second-order valence-corrected chi connectivity index (χ2v) is 7.75. The predicted molar refractivity (Wildman–Crippen MR) is 106 cm³/mol. The van der Waals surface area contributed by atoms with E-state index in [4.69, 9.17) is 15.0 Å². The number of rotatable bonds is 3. The van der Waals surface area contributed by atoms with Crippen molar-refractivity contribution >= 4 is 5.95 Å². The van der Waals surface area contributed by atoms with Gasteiger partial charge in [0.25, 0.3) is 5.56 Å². The van der Waals surface area contributed by atoms with E-state index >= 15 is 0 Å². The highest BCUT2D eigenvalue weighted by Gasteiger charge is 2.27. The lowest BCUT2D eigenvalue weighted by Crippen LogP contribution is -2.47. The number of hydrogen-bond acceptors (Lipinski definition) is 6. The smallest absolute Gasteiger partial charge is 0.255 e. The SMILES string of the molecule is CC1CN(c2nc3c(c(=O)[nH]2)CCN(Cc2cccc(C#N)c2)C3)CC(C)O1. The zero-order valence-corrected chi connectivity index (χ0v) is 16.3. The topological polar surface area (TPSA) is 85.3 Å². The van der Waals surface area contributed by atoms with Gasteiger partial charge in [-0.2, -0.15) is 5.26 Å². The molecule has 146 valence electrons. The summed E-state index contributed by atoms with van der Waals surface area (Å²) in [6.07, 6.45) is 0.897. The summed E-state index contributed by atoms with van der Waals surface area (Å²) in [6.45, 7) is 7.70. The van der Waals surface area contributed by atoms with Crippen LogP contribution >= 0.6 is 0 Å². The van der Waals surface area contributed by atoms with Gasteiger partial charge in [0.2, 0.25) is 5.95 Å². The predicted octanol–water partition coefficient (Wildman–Crippen LogP) is 1.81. The second-order valence-electron chi connectivity index (χ2n) is 7.75. The van der Waals surface area contributed by atoms with Crippen molar-refractivity contribution in [2.45, 2.75) is 45.6 Å². The van der Waals surface area contributed by atoms with Crippen LogP contribution in [0.3, 0.4) is 0 Å². The molecule has 4 rings (SSSR count). The first-order valence-corrected chi connectivity index (χ1v) is 9.75. The third-order valence-corrected chi connectivity index (χ3v) is 5.32. The van der Waals surface area contributed by atoms with Crippen LogP contribution < -0.4 is 10.5 Å². The molecule has 1 fully saturated rings. The maximum atomic E-state index is 12.6. The molecule has 2 unspecified atom stereocenters. The Morgan fingerprint density at radius 1 is 1.32 bits per heavy atom. The van der Waals surface area contributed by atoms with E-state index in [0.717, 1.165) is 43.0 Å². The van der Waals surface area contributed by atoms with Crippen LogP contribution in [0.5, 0.6) is 0 Å². The molecule has 0 saturated carbocycles. The zero-order valence-electron chi connectivity index (χ0n) is 16.3. The van der Waals surface area contributed by atoms with E-state index < -0.39 is 0 Å². The van der Waals surface area contributed by atoms with E-state index in [2.05, 4.69) is 20.9 Å². The summed E-state index contributed by atoms with van der Waals surface area (Å²) in [6, 6.07) is 9.86. The van der Waals surface area contributed by atoms with Crippen LogP contribution in [-0.4, -0.2) is 46.7 Å². The van der Waals surface area contributed by atoms with Gasteiger partial charge in [0, 0.05) is 38.3 Å². The summed E-state index contributed by atoms with van der Waals surface area (Å²) in [5.74, 6) is 0.638. The quantitative estimate of drug-likeness (QED) is 0.876. The number of aromatic nitrogens is 2. The van der Waals surface area contributed by atoms with Gasteiger partial charge in [0.1, 0.15) is 0 Å². The van der Waals surface area contributed by atoms with E-state index in [1.807, 2.05) is 38.1 Å². The minimum absolute atomic E-state index is 0.0297. The van der Waals surface area contributed by atoms with E-state index in [0.29, 0.717) is 24.5 Å². The average molecular weight is 379 g/mol. The van der Waals surface area contributed by atoms with Crippen LogP contribution in [0.25, 0.3) is 0 Å². The number of nitrogens with zero attached hydrogens (tertiary/aromatic N) is 4. The Morgan fingerprint density at radius 3 is 2.86 bits per heavy atom. The number of benzene rings is 1. The average Bonchev–Trinajstić information content (AvgIpc) is 2.67. The largest absolute Gasteiger partial charge is 0.372 e. The number of H-pyrrole nitrogens is 1. The van der Waals surface area contributed by atoms with E-state index in [-0.39, 0.29) is 17.8 Å². The van der Waals surface area contributed by atoms with Crippen molar-refractivity contribution in [3.8, 4) is 6.07 Å². The van der Waals surface area contributed by atoms with E-state index in [9.17, 15) is 4.79 Å². The molecule has 2 aliphatic rings. The lowest BCUT2D eigenvalue weighted by Gasteiger charge is -2.36. The Labute approximate surface area is 164 Å². The fourth-order valence-corrected chi connectivity index (χ4v) is 4.11. The maximum absolute atomic E-state index is 12.6. The van der Waals surface area contributed by atoms with Gasteiger partial charge in [-0.25, -0.2) is 4.98 Å². The standard InChI is InChI=1S/C21H25N5O2/c1-14-10-26(11-15(2)28-14)21-23-19-13-25(7-6-18(19)20(27)24-21)12-17-5-3-4-16(8-17)9-22/h3-5,8,14-15H,6-7,10-13H2,1-2H3,(H,23,24,27). The minimum atomic E-state index is -0.0297. The number of morpholine rings is 1. The Morgan fingerprint density at radius 2 is 2.11 bits per heavy atom. The van der Waals surface area contributed by atoms with E-state index in [1.54, 1.807) is 0 Å². The maximum Gasteiger partial charge on any atom is 0.255 e. The first-order chi connectivity index (χ1) is 13.5. The molecule has 2 aromatic rings. The zero-order chi connectivity index (χ0) is 19.7. The number of nitrogens with one attached hydrogen (secondary N) is 1. The number of ether oxygens (including phenoxy) is 1. The Kier molecular flexibility index (Phi) is 5.16. The van der Waals surface area contributed by atoms with Gasteiger partial charge < -0.3 is 9.64 Å². The molecule has 0 amide bonds. The fraction of sp³-hybridized carbons (Fsp3) is 0.476. The lowest BCUT2D eigenvalue weighted by molar-refractivity contribution is -0.00576. The Bertz CT molecular complexity index is 954. The molecule has 3 heterocycles. The number of fused-ring (bicyclic) bond motifs is 1. The molecule has 1 saturated heterocycles. The fourth-order valence-electron chi connectivity index (χ4n) is 4.11. The summed E-state index contributed by atoms with van der Waals surface area (Å²) in [5.41, 5.74) is 3.39. The van der Waals surface area contributed by atoms with Crippen LogP contribution in [0.2, 0.25) is 0 Å². The highest BCUT2D eigenvalue weighted by molar-refractivity contribution is 5.36. The number of hydrogen-bond donors (Lipinski definition) is 1. The number of nitriles is 1. The highest BCUT2D eigenvalue weighted by atomic mass is 16.5. The molecule has 7 heteroatoms. The molecule has 1 aromatic carbocycles. The molecular formula is C21H25N5O2.